The number of benzene rings is 1. The Bertz CT molecular complexity index is 746. The molecular formula is C16H20N2O2S2. The molecule has 118 valence electrons. The highest BCUT2D eigenvalue weighted by Gasteiger charge is 2.29. The zero-order valence-corrected chi connectivity index (χ0v) is 14.5. The lowest BCUT2D eigenvalue weighted by atomic mass is 10.1. The summed E-state index contributed by atoms with van der Waals surface area (Å²) >= 11 is 1.28. The fourth-order valence-electron chi connectivity index (χ4n) is 2.65. The average Bonchev–Trinajstić information content (AvgIpc) is 3.05. The molecule has 0 bridgehead atoms. The molecule has 0 spiro atoms. The van der Waals surface area contributed by atoms with Gasteiger partial charge < -0.3 is 4.90 Å². The third kappa shape index (κ3) is 2.91. The van der Waals surface area contributed by atoms with Gasteiger partial charge in [0.15, 0.2) is 0 Å². The first-order valence-corrected chi connectivity index (χ1v) is 9.66. The van der Waals surface area contributed by atoms with Crippen molar-refractivity contribution in [1.29, 1.82) is 0 Å². The van der Waals surface area contributed by atoms with Crippen LogP contribution in [0.1, 0.15) is 11.1 Å². The summed E-state index contributed by atoms with van der Waals surface area (Å²) in [5.74, 6) is 0. The average molecular weight is 336 g/mol. The van der Waals surface area contributed by atoms with Crippen molar-refractivity contribution in [1.82, 2.24) is 4.31 Å². The van der Waals surface area contributed by atoms with Crippen molar-refractivity contribution >= 4 is 27.0 Å². The number of hydrogen-bond acceptors (Lipinski definition) is 4. The van der Waals surface area contributed by atoms with Crippen molar-refractivity contribution in [2.75, 3.05) is 31.1 Å². The monoisotopic (exact) mass is 336 g/mol. The molecule has 0 N–H and O–H groups in total. The lowest BCUT2D eigenvalue weighted by Crippen LogP contribution is -2.48. The summed E-state index contributed by atoms with van der Waals surface area (Å²) in [6, 6.07) is 9.88. The molecule has 2 aromatic rings. The summed E-state index contributed by atoms with van der Waals surface area (Å²) < 4.78 is 27.0. The number of anilines is 1. The van der Waals surface area contributed by atoms with Crippen LogP contribution in [0.4, 0.5) is 5.69 Å². The molecule has 0 saturated carbocycles. The maximum atomic E-state index is 12.5. The molecule has 22 heavy (non-hydrogen) atoms. The van der Waals surface area contributed by atoms with Gasteiger partial charge in [-0.05, 0) is 48.6 Å². The third-order valence-corrected chi connectivity index (χ3v) is 7.46. The van der Waals surface area contributed by atoms with Gasteiger partial charge >= 0.3 is 0 Å². The molecule has 0 atom stereocenters. The topological polar surface area (TPSA) is 40.6 Å². The molecule has 1 saturated heterocycles. The summed E-state index contributed by atoms with van der Waals surface area (Å²) in [5.41, 5.74) is 3.73. The van der Waals surface area contributed by atoms with Crippen molar-refractivity contribution in [3.8, 4) is 0 Å². The molecule has 1 aliphatic rings. The first-order chi connectivity index (χ1) is 10.5. The van der Waals surface area contributed by atoms with Crippen LogP contribution in [0.25, 0.3) is 0 Å². The second-order valence-electron chi connectivity index (χ2n) is 5.59. The largest absolute Gasteiger partial charge is 0.369 e. The Balaban J connectivity index is 1.71. The Labute approximate surface area is 136 Å². The summed E-state index contributed by atoms with van der Waals surface area (Å²) in [6.07, 6.45) is 0. The van der Waals surface area contributed by atoms with Crippen molar-refractivity contribution in [2.45, 2.75) is 18.1 Å². The second kappa shape index (κ2) is 6.02. The molecule has 0 amide bonds. The number of sulfonamides is 1. The van der Waals surface area contributed by atoms with Crippen LogP contribution in [-0.2, 0) is 10.0 Å². The van der Waals surface area contributed by atoms with E-state index in [1.807, 2.05) is 0 Å². The van der Waals surface area contributed by atoms with Crippen LogP contribution < -0.4 is 4.90 Å². The van der Waals surface area contributed by atoms with Crippen LogP contribution in [0.5, 0.6) is 0 Å². The van der Waals surface area contributed by atoms with Gasteiger partial charge in [0.2, 0.25) is 0 Å². The SMILES string of the molecule is Cc1ccc(N2CCN(S(=O)(=O)c3cccs3)CC2)cc1C. The smallest absolute Gasteiger partial charge is 0.252 e. The second-order valence-corrected chi connectivity index (χ2v) is 8.70. The molecule has 0 aliphatic carbocycles. The molecular weight excluding hydrogens is 316 g/mol. The van der Waals surface area contributed by atoms with Crippen LogP contribution in [0.15, 0.2) is 39.9 Å². The van der Waals surface area contributed by atoms with E-state index >= 15 is 0 Å². The van der Waals surface area contributed by atoms with Gasteiger partial charge in [-0.1, -0.05) is 12.1 Å². The van der Waals surface area contributed by atoms with E-state index in [1.54, 1.807) is 21.8 Å². The van der Waals surface area contributed by atoms with Crippen molar-refractivity contribution in [3.63, 3.8) is 0 Å². The van der Waals surface area contributed by atoms with E-state index in [0.29, 0.717) is 17.3 Å². The Morgan fingerprint density at radius 3 is 2.32 bits per heavy atom. The number of rotatable bonds is 3. The third-order valence-electron chi connectivity index (χ3n) is 4.18. The van der Waals surface area contributed by atoms with Gasteiger partial charge in [-0.3, -0.25) is 0 Å². The van der Waals surface area contributed by atoms with Crippen LogP contribution in [0.2, 0.25) is 0 Å². The quantitative estimate of drug-likeness (QED) is 0.865. The maximum absolute atomic E-state index is 12.5. The highest BCUT2D eigenvalue weighted by atomic mass is 32.2. The molecule has 4 nitrogen and oxygen atoms in total. The Hall–Kier alpha value is -1.37. The van der Waals surface area contributed by atoms with Gasteiger partial charge in [-0.2, -0.15) is 4.31 Å². The highest BCUT2D eigenvalue weighted by molar-refractivity contribution is 7.91. The van der Waals surface area contributed by atoms with Gasteiger partial charge in [-0.15, -0.1) is 11.3 Å². The number of thiophene rings is 1. The van der Waals surface area contributed by atoms with Crippen molar-refractivity contribution in [3.05, 3.63) is 46.8 Å². The van der Waals surface area contributed by atoms with Gasteiger partial charge in [0.25, 0.3) is 10.0 Å². The number of piperazine rings is 1. The van der Waals surface area contributed by atoms with Crippen LogP contribution >= 0.6 is 11.3 Å². The van der Waals surface area contributed by atoms with Gasteiger partial charge in [-0.25, -0.2) is 8.42 Å². The fraction of sp³-hybridized carbons (Fsp3) is 0.375. The zero-order valence-electron chi connectivity index (χ0n) is 12.8. The van der Waals surface area contributed by atoms with Crippen LogP contribution in [0.3, 0.4) is 0 Å². The highest BCUT2D eigenvalue weighted by Crippen LogP contribution is 2.24. The number of aryl methyl sites for hydroxylation is 2. The van der Waals surface area contributed by atoms with E-state index in [4.69, 9.17) is 0 Å². The summed E-state index contributed by atoms with van der Waals surface area (Å²) in [7, 11) is -3.31. The summed E-state index contributed by atoms with van der Waals surface area (Å²) in [4.78, 5) is 2.26. The minimum absolute atomic E-state index is 0.437. The summed E-state index contributed by atoms with van der Waals surface area (Å²) in [6.45, 7) is 6.74. The number of hydrogen-bond donors (Lipinski definition) is 0. The summed E-state index contributed by atoms with van der Waals surface area (Å²) in [5, 5.41) is 1.80. The van der Waals surface area contributed by atoms with E-state index in [0.717, 1.165) is 13.1 Å². The van der Waals surface area contributed by atoms with E-state index in [9.17, 15) is 8.42 Å². The molecule has 0 unspecified atom stereocenters. The lowest BCUT2D eigenvalue weighted by molar-refractivity contribution is 0.386. The molecule has 3 rings (SSSR count). The minimum Gasteiger partial charge on any atom is -0.369 e. The standard InChI is InChI=1S/C16H20N2O2S2/c1-13-5-6-15(12-14(13)2)17-7-9-18(10-8-17)22(19,20)16-4-3-11-21-16/h3-6,11-12H,7-10H2,1-2H3. The predicted octanol–water partition coefficient (Wildman–Crippen LogP) is 2.88. The van der Waals surface area contributed by atoms with E-state index in [-0.39, 0.29) is 0 Å². The first-order valence-electron chi connectivity index (χ1n) is 7.34. The molecule has 1 aliphatic heterocycles. The van der Waals surface area contributed by atoms with E-state index in [2.05, 4.69) is 36.9 Å². The maximum Gasteiger partial charge on any atom is 0.252 e. The molecule has 1 aromatic carbocycles. The molecule has 0 radical (unpaired) electrons. The normalized spacial score (nSPS) is 16.9. The van der Waals surface area contributed by atoms with E-state index < -0.39 is 10.0 Å². The van der Waals surface area contributed by atoms with E-state index in [1.165, 1.54) is 28.2 Å². The predicted molar refractivity (Wildman–Crippen MR) is 91.2 cm³/mol. The van der Waals surface area contributed by atoms with Gasteiger partial charge in [0.1, 0.15) is 4.21 Å². The Morgan fingerprint density at radius 1 is 1.00 bits per heavy atom. The molecule has 1 fully saturated rings. The minimum atomic E-state index is -3.31. The van der Waals surface area contributed by atoms with Gasteiger partial charge in [0, 0.05) is 31.9 Å². The van der Waals surface area contributed by atoms with Crippen molar-refractivity contribution in [2.24, 2.45) is 0 Å². The number of nitrogens with zero attached hydrogens (tertiary/aromatic N) is 2. The molecule has 2 heterocycles. The molecule has 1 aromatic heterocycles. The first kappa shape index (κ1) is 15.5. The molecule has 6 heteroatoms. The van der Waals surface area contributed by atoms with Crippen LogP contribution in [-0.4, -0.2) is 38.9 Å². The Kier molecular flexibility index (Phi) is 4.25. The Morgan fingerprint density at radius 2 is 1.73 bits per heavy atom. The zero-order chi connectivity index (χ0) is 15.7. The van der Waals surface area contributed by atoms with Gasteiger partial charge in [0.05, 0.1) is 0 Å². The fourth-order valence-corrected chi connectivity index (χ4v) is 5.21. The van der Waals surface area contributed by atoms with Crippen LogP contribution in [0, 0.1) is 13.8 Å². The van der Waals surface area contributed by atoms with Crippen molar-refractivity contribution < 1.29 is 8.42 Å². The lowest BCUT2D eigenvalue weighted by Gasteiger charge is -2.35.